The smallest absolute Gasteiger partial charge is 0.164 e. The highest BCUT2D eigenvalue weighted by Crippen LogP contribution is 2.41. The zero-order valence-corrected chi connectivity index (χ0v) is 13.9. The van der Waals surface area contributed by atoms with Crippen molar-refractivity contribution in [3.63, 3.8) is 0 Å². The highest BCUT2D eigenvalue weighted by molar-refractivity contribution is 5.34. The van der Waals surface area contributed by atoms with Crippen molar-refractivity contribution >= 4 is 0 Å². The Labute approximate surface area is 147 Å². The number of ether oxygens (including phenoxy) is 1. The van der Waals surface area contributed by atoms with Crippen LogP contribution in [0, 0.1) is 0 Å². The van der Waals surface area contributed by atoms with Crippen LogP contribution in [0.1, 0.15) is 29.3 Å². The van der Waals surface area contributed by atoms with Crippen molar-refractivity contribution in [1.29, 1.82) is 0 Å². The molecule has 2 atom stereocenters. The summed E-state index contributed by atoms with van der Waals surface area (Å²) in [6, 6.07) is 19.1. The third-order valence-electron chi connectivity index (χ3n) is 4.40. The second kappa shape index (κ2) is 7.40. The topological polar surface area (TPSA) is 59.9 Å². The lowest BCUT2D eigenvalue weighted by Crippen LogP contribution is -2.19. The molecule has 4 rings (SSSR count). The van der Waals surface area contributed by atoms with Gasteiger partial charge < -0.3 is 10.1 Å². The van der Waals surface area contributed by atoms with E-state index in [9.17, 15) is 0 Å². The van der Waals surface area contributed by atoms with E-state index in [0.29, 0.717) is 25.1 Å². The number of benzene rings is 2. The van der Waals surface area contributed by atoms with Gasteiger partial charge >= 0.3 is 0 Å². The Balaban J connectivity index is 1.27. The number of hydrogen-bond acceptors (Lipinski definition) is 5. The van der Waals surface area contributed by atoms with Gasteiger partial charge in [-0.1, -0.05) is 42.5 Å². The number of rotatable bonds is 7. The minimum atomic E-state index is 0.486. The van der Waals surface area contributed by atoms with Crippen LogP contribution in [0.5, 0.6) is 5.75 Å². The Bertz CT molecular complexity index is 793. The fourth-order valence-corrected chi connectivity index (χ4v) is 2.92. The lowest BCUT2D eigenvalue weighted by atomic mass is 10.1. The molecule has 1 aliphatic rings. The van der Waals surface area contributed by atoms with Crippen molar-refractivity contribution in [3.05, 3.63) is 83.9 Å². The molecule has 1 heterocycles. The second-order valence-corrected chi connectivity index (χ2v) is 6.23. The number of nitrogens with one attached hydrogen (secondary N) is 1. The Kier molecular flexibility index (Phi) is 4.65. The van der Waals surface area contributed by atoms with Gasteiger partial charge in [0.25, 0.3) is 0 Å². The SMILES string of the molecule is c1ccc(COc2ccc([C@@H]3C[C@H]3NCc3nccnn3)cc2)cc1. The molecule has 1 saturated carbocycles. The van der Waals surface area contributed by atoms with Gasteiger partial charge in [0.1, 0.15) is 12.4 Å². The summed E-state index contributed by atoms with van der Waals surface area (Å²) in [6.45, 7) is 1.26. The molecule has 0 radical (unpaired) electrons. The maximum absolute atomic E-state index is 5.84. The van der Waals surface area contributed by atoms with Gasteiger partial charge in [0, 0.05) is 18.2 Å². The van der Waals surface area contributed by atoms with Crippen LogP contribution in [0.4, 0.5) is 0 Å². The molecule has 0 saturated heterocycles. The van der Waals surface area contributed by atoms with Crippen molar-refractivity contribution in [2.75, 3.05) is 0 Å². The molecule has 25 heavy (non-hydrogen) atoms. The van der Waals surface area contributed by atoms with E-state index in [1.807, 2.05) is 18.2 Å². The first kappa shape index (κ1) is 15.7. The van der Waals surface area contributed by atoms with Crippen LogP contribution in [0.3, 0.4) is 0 Å². The molecule has 1 aromatic heterocycles. The molecule has 5 heteroatoms. The zero-order chi connectivity index (χ0) is 16.9. The highest BCUT2D eigenvalue weighted by Gasteiger charge is 2.37. The first-order chi connectivity index (χ1) is 12.4. The molecule has 0 aliphatic heterocycles. The minimum absolute atomic E-state index is 0.486. The van der Waals surface area contributed by atoms with Crippen LogP contribution < -0.4 is 10.1 Å². The Morgan fingerprint density at radius 2 is 1.84 bits per heavy atom. The highest BCUT2D eigenvalue weighted by atomic mass is 16.5. The van der Waals surface area contributed by atoms with Gasteiger partial charge in [-0.15, -0.1) is 5.10 Å². The maximum atomic E-state index is 5.84. The Morgan fingerprint density at radius 1 is 1.00 bits per heavy atom. The second-order valence-electron chi connectivity index (χ2n) is 6.23. The van der Waals surface area contributed by atoms with E-state index in [0.717, 1.165) is 18.0 Å². The summed E-state index contributed by atoms with van der Waals surface area (Å²) in [5, 5.41) is 11.3. The molecule has 0 amide bonds. The Hall–Kier alpha value is -2.79. The normalized spacial score (nSPS) is 18.7. The van der Waals surface area contributed by atoms with Gasteiger partial charge in [0.05, 0.1) is 12.7 Å². The summed E-state index contributed by atoms with van der Waals surface area (Å²) < 4.78 is 5.84. The average molecular weight is 332 g/mol. The van der Waals surface area contributed by atoms with Crippen molar-refractivity contribution in [2.24, 2.45) is 0 Å². The molecule has 0 unspecified atom stereocenters. The van der Waals surface area contributed by atoms with Crippen molar-refractivity contribution in [1.82, 2.24) is 20.5 Å². The summed E-state index contributed by atoms with van der Waals surface area (Å²) in [6.07, 6.45) is 4.40. The third-order valence-corrected chi connectivity index (χ3v) is 4.40. The molecule has 0 spiro atoms. The summed E-state index contributed by atoms with van der Waals surface area (Å²) in [5.41, 5.74) is 2.52. The van der Waals surface area contributed by atoms with Crippen LogP contribution >= 0.6 is 0 Å². The lowest BCUT2D eigenvalue weighted by Gasteiger charge is -2.08. The number of hydrogen-bond donors (Lipinski definition) is 1. The van der Waals surface area contributed by atoms with Gasteiger partial charge in [0.15, 0.2) is 5.82 Å². The van der Waals surface area contributed by atoms with E-state index in [1.54, 1.807) is 12.4 Å². The molecule has 2 aromatic carbocycles. The molecule has 3 aromatic rings. The fraction of sp³-hybridized carbons (Fsp3) is 0.250. The van der Waals surface area contributed by atoms with E-state index < -0.39 is 0 Å². The van der Waals surface area contributed by atoms with Gasteiger partial charge in [-0.25, -0.2) is 4.98 Å². The average Bonchev–Trinajstić information content (AvgIpc) is 3.47. The predicted octanol–water partition coefficient (Wildman–Crippen LogP) is 3.10. The summed E-state index contributed by atoms with van der Waals surface area (Å²) in [5.74, 6) is 2.19. The van der Waals surface area contributed by atoms with Crippen LogP contribution in [-0.4, -0.2) is 21.2 Å². The number of nitrogens with zero attached hydrogens (tertiary/aromatic N) is 3. The first-order valence-corrected chi connectivity index (χ1v) is 8.51. The predicted molar refractivity (Wildman–Crippen MR) is 95.0 cm³/mol. The van der Waals surface area contributed by atoms with Crippen LogP contribution in [0.25, 0.3) is 0 Å². The molecular formula is C20H20N4O. The van der Waals surface area contributed by atoms with Gasteiger partial charge in [-0.3, -0.25) is 0 Å². The van der Waals surface area contributed by atoms with E-state index in [-0.39, 0.29) is 0 Å². The number of aromatic nitrogens is 3. The maximum Gasteiger partial charge on any atom is 0.164 e. The monoisotopic (exact) mass is 332 g/mol. The molecule has 5 nitrogen and oxygen atoms in total. The Morgan fingerprint density at radius 3 is 2.60 bits per heavy atom. The summed E-state index contributed by atoms with van der Waals surface area (Å²) in [7, 11) is 0. The lowest BCUT2D eigenvalue weighted by molar-refractivity contribution is 0.306. The van der Waals surface area contributed by atoms with Gasteiger partial charge in [0.2, 0.25) is 0 Å². The summed E-state index contributed by atoms with van der Waals surface area (Å²) in [4.78, 5) is 4.18. The van der Waals surface area contributed by atoms with Crippen molar-refractivity contribution in [2.45, 2.75) is 31.5 Å². The van der Waals surface area contributed by atoms with E-state index in [4.69, 9.17) is 4.74 Å². The molecular weight excluding hydrogens is 312 g/mol. The molecule has 126 valence electrons. The molecule has 1 N–H and O–H groups in total. The van der Waals surface area contributed by atoms with Crippen LogP contribution in [0.2, 0.25) is 0 Å². The van der Waals surface area contributed by atoms with Gasteiger partial charge in [-0.2, -0.15) is 5.10 Å². The van der Waals surface area contributed by atoms with Gasteiger partial charge in [-0.05, 0) is 29.7 Å². The fourth-order valence-electron chi connectivity index (χ4n) is 2.92. The standard InChI is InChI=1S/C20H20N4O/c1-2-4-15(5-3-1)14-25-17-8-6-16(7-9-17)18-12-19(18)22-13-20-21-10-11-23-24-20/h1-11,18-19,22H,12-14H2/t18-,19+/m0/s1. The van der Waals surface area contributed by atoms with Crippen molar-refractivity contribution in [3.8, 4) is 5.75 Å². The molecule has 1 fully saturated rings. The van der Waals surface area contributed by atoms with Crippen LogP contribution in [-0.2, 0) is 13.2 Å². The largest absolute Gasteiger partial charge is 0.489 e. The molecule has 0 bridgehead atoms. The third kappa shape index (κ3) is 4.19. The summed E-state index contributed by atoms with van der Waals surface area (Å²) >= 11 is 0. The van der Waals surface area contributed by atoms with Crippen molar-refractivity contribution < 1.29 is 4.74 Å². The minimum Gasteiger partial charge on any atom is -0.489 e. The van der Waals surface area contributed by atoms with Crippen LogP contribution in [0.15, 0.2) is 67.0 Å². The quantitative estimate of drug-likeness (QED) is 0.720. The molecule has 1 aliphatic carbocycles. The van der Waals surface area contributed by atoms with E-state index in [1.165, 1.54) is 11.1 Å². The van der Waals surface area contributed by atoms with E-state index in [2.05, 4.69) is 56.9 Å². The zero-order valence-electron chi connectivity index (χ0n) is 13.9. The van der Waals surface area contributed by atoms with E-state index >= 15 is 0 Å². The first-order valence-electron chi connectivity index (χ1n) is 8.51.